The average Bonchev–Trinajstić information content (AvgIpc) is 3.61. The molecule has 0 aromatic carbocycles. The maximum Gasteiger partial charge on any atom is 0.262 e. The van der Waals surface area contributed by atoms with E-state index in [1.807, 2.05) is 0 Å². The van der Waals surface area contributed by atoms with Crippen LogP contribution in [0.4, 0.5) is 19.0 Å². The van der Waals surface area contributed by atoms with Gasteiger partial charge in [0.25, 0.3) is 6.43 Å². The number of anilines is 1. The lowest BCUT2D eigenvalue weighted by molar-refractivity contribution is -0.0515. The Kier molecular flexibility index (Phi) is 7.31. The summed E-state index contributed by atoms with van der Waals surface area (Å²) < 4.78 is 52.4. The molecule has 1 saturated heterocycles. The van der Waals surface area contributed by atoms with Gasteiger partial charge in [-0.05, 0) is 39.7 Å². The molecule has 1 atom stereocenters. The van der Waals surface area contributed by atoms with E-state index >= 15 is 0 Å². The first-order valence-corrected chi connectivity index (χ1v) is 11.7. The predicted molar refractivity (Wildman–Crippen MR) is 130 cm³/mol. The minimum Gasteiger partial charge on any atom is -0.477 e. The molecule has 3 heterocycles. The maximum absolute atomic E-state index is 14.9. The fourth-order valence-electron chi connectivity index (χ4n) is 3.99. The maximum atomic E-state index is 14.9. The van der Waals surface area contributed by atoms with Crippen LogP contribution in [0.5, 0.6) is 5.88 Å². The van der Waals surface area contributed by atoms with Gasteiger partial charge in [-0.1, -0.05) is 18.7 Å². The fourth-order valence-corrected chi connectivity index (χ4v) is 3.99. The van der Waals surface area contributed by atoms with Crippen LogP contribution in [-0.2, 0) is 10.2 Å². The number of rotatable bonds is 10. The highest BCUT2D eigenvalue weighted by Gasteiger charge is 2.48. The third kappa shape index (κ3) is 5.07. The molecular weight excluding hydrogens is 471 g/mol. The first kappa shape index (κ1) is 25.6. The fraction of sp³-hybridized carbons (Fsp3) is 0.462. The van der Waals surface area contributed by atoms with Crippen LogP contribution in [0.25, 0.3) is 11.0 Å². The summed E-state index contributed by atoms with van der Waals surface area (Å²) in [4.78, 5) is 13.6. The second-order valence-corrected chi connectivity index (χ2v) is 9.26. The number of alkyl halides is 2. The summed E-state index contributed by atoms with van der Waals surface area (Å²) in [5.41, 5.74) is -0.338. The second-order valence-electron chi connectivity index (χ2n) is 9.26. The number of nitrogens with one attached hydrogen (secondary N) is 1. The Morgan fingerprint density at radius 2 is 2.08 bits per heavy atom. The molecule has 7 nitrogen and oxygen atoms in total. The van der Waals surface area contributed by atoms with E-state index in [1.54, 1.807) is 19.9 Å². The summed E-state index contributed by atoms with van der Waals surface area (Å²) in [6.07, 6.45) is 1.13. The standard InChI is InChI=1S/C26H28F3N5O2/c1-5-6-18(21(27)14(2)22(28)29)15(3)31-23-19-9-20(26(13-30)7-8-26)25(36-12-17-10-35-11-17)34-24(19)33-16(4)32-23/h5-6,9,15,17,22H,1,7-8,10-12H2,2-4H3,(H,31,32,33,34)/b18-6-,21-14-/t15-/m1/s1. The number of halogens is 3. The van der Waals surface area contributed by atoms with Crippen LogP contribution in [0.2, 0.25) is 0 Å². The molecule has 0 unspecified atom stereocenters. The Bertz CT molecular complexity index is 1280. The van der Waals surface area contributed by atoms with Crippen LogP contribution >= 0.6 is 0 Å². The van der Waals surface area contributed by atoms with E-state index in [0.29, 0.717) is 66.8 Å². The molecule has 0 radical (unpaired) electrons. The monoisotopic (exact) mass is 499 g/mol. The lowest BCUT2D eigenvalue weighted by atomic mass is 9.97. The largest absolute Gasteiger partial charge is 0.477 e. The van der Waals surface area contributed by atoms with Gasteiger partial charge in [-0.25, -0.2) is 23.1 Å². The van der Waals surface area contributed by atoms with Crippen molar-refractivity contribution >= 4 is 16.9 Å². The number of hydrogen-bond acceptors (Lipinski definition) is 7. The Morgan fingerprint density at radius 3 is 2.64 bits per heavy atom. The van der Waals surface area contributed by atoms with Crippen molar-refractivity contribution in [2.24, 2.45) is 5.92 Å². The Morgan fingerprint density at radius 1 is 1.36 bits per heavy atom. The van der Waals surface area contributed by atoms with Gasteiger partial charge in [0, 0.05) is 22.6 Å². The molecule has 2 aromatic heterocycles. The van der Waals surface area contributed by atoms with Crippen molar-refractivity contribution in [2.45, 2.75) is 51.5 Å². The number of fused-ring (bicyclic) bond motifs is 1. The zero-order chi connectivity index (χ0) is 26.0. The molecule has 2 fully saturated rings. The van der Waals surface area contributed by atoms with Gasteiger partial charge >= 0.3 is 0 Å². The highest BCUT2D eigenvalue weighted by molar-refractivity contribution is 5.88. The van der Waals surface area contributed by atoms with E-state index in [0.717, 1.165) is 6.92 Å². The highest BCUT2D eigenvalue weighted by atomic mass is 19.3. The van der Waals surface area contributed by atoms with E-state index < -0.39 is 29.3 Å². The van der Waals surface area contributed by atoms with Gasteiger partial charge in [-0.2, -0.15) is 10.2 Å². The van der Waals surface area contributed by atoms with Crippen molar-refractivity contribution in [1.82, 2.24) is 15.0 Å². The van der Waals surface area contributed by atoms with Crippen molar-refractivity contribution in [3.63, 3.8) is 0 Å². The van der Waals surface area contributed by atoms with Gasteiger partial charge in [0.2, 0.25) is 5.88 Å². The average molecular weight is 500 g/mol. The molecule has 0 bridgehead atoms. The number of allylic oxidation sites excluding steroid dienone is 3. The first-order valence-electron chi connectivity index (χ1n) is 11.7. The SMILES string of the molecule is C=C/C=C(\C(F)=C(/C)C(F)F)[C@@H](C)Nc1nc(C)nc2nc(OCC3COC3)c(C3(C#N)CC3)cc12. The van der Waals surface area contributed by atoms with Crippen LogP contribution in [0, 0.1) is 24.2 Å². The van der Waals surface area contributed by atoms with Crippen LogP contribution in [0.3, 0.4) is 0 Å². The molecule has 2 aliphatic rings. The third-order valence-corrected chi connectivity index (χ3v) is 6.45. The molecule has 2 aromatic rings. The van der Waals surface area contributed by atoms with Crippen molar-refractivity contribution < 1.29 is 22.6 Å². The predicted octanol–water partition coefficient (Wildman–Crippen LogP) is 5.34. The van der Waals surface area contributed by atoms with Crippen LogP contribution < -0.4 is 10.1 Å². The summed E-state index contributed by atoms with van der Waals surface area (Å²) in [5.74, 6) is 0.387. The van der Waals surface area contributed by atoms with E-state index in [1.165, 1.54) is 12.2 Å². The zero-order valence-corrected chi connectivity index (χ0v) is 20.4. The highest BCUT2D eigenvalue weighted by Crippen LogP contribution is 2.51. The Hall–Kier alpha value is -3.45. The van der Waals surface area contributed by atoms with E-state index in [4.69, 9.17) is 9.47 Å². The smallest absolute Gasteiger partial charge is 0.262 e. The number of nitriles is 1. The van der Waals surface area contributed by atoms with E-state index in [2.05, 4.69) is 32.9 Å². The second kappa shape index (κ2) is 10.3. The number of aromatic nitrogens is 3. The van der Waals surface area contributed by atoms with Gasteiger partial charge in [-0.3, -0.25) is 0 Å². The molecule has 36 heavy (non-hydrogen) atoms. The van der Waals surface area contributed by atoms with Crippen LogP contribution in [0.15, 0.2) is 41.8 Å². The summed E-state index contributed by atoms with van der Waals surface area (Å²) in [7, 11) is 0. The van der Waals surface area contributed by atoms with Crippen molar-refractivity contribution in [1.29, 1.82) is 5.26 Å². The van der Waals surface area contributed by atoms with E-state index in [-0.39, 0.29) is 11.5 Å². The molecule has 0 spiro atoms. The summed E-state index contributed by atoms with van der Waals surface area (Å²) in [5, 5.41) is 13.5. The minimum absolute atomic E-state index is 0.0127. The zero-order valence-electron chi connectivity index (χ0n) is 20.4. The molecule has 0 amide bonds. The molecule has 1 saturated carbocycles. The van der Waals surface area contributed by atoms with Crippen molar-refractivity contribution in [3.8, 4) is 11.9 Å². The van der Waals surface area contributed by atoms with Crippen LogP contribution in [0.1, 0.15) is 38.1 Å². The van der Waals surface area contributed by atoms with Gasteiger partial charge in [0.05, 0.1) is 42.7 Å². The first-order chi connectivity index (χ1) is 17.2. The molecule has 1 aliphatic heterocycles. The molecule has 1 N–H and O–H groups in total. The number of nitrogens with zero attached hydrogens (tertiary/aromatic N) is 4. The third-order valence-electron chi connectivity index (χ3n) is 6.45. The number of pyridine rings is 1. The Balaban J connectivity index is 1.75. The molecular formula is C26H28F3N5O2. The lowest BCUT2D eigenvalue weighted by Gasteiger charge is -2.26. The minimum atomic E-state index is -2.93. The van der Waals surface area contributed by atoms with Crippen molar-refractivity contribution in [3.05, 3.63) is 53.2 Å². The number of aryl methyl sites for hydroxylation is 1. The summed E-state index contributed by atoms with van der Waals surface area (Å²) >= 11 is 0. The molecule has 10 heteroatoms. The number of hydrogen-bond donors (Lipinski definition) is 1. The molecule has 190 valence electrons. The van der Waals surface area contributed by atoms with Gasteiger partial charge < -0.3 is 14.8 Å². The summed E-state index contributed by atoms with van der Waals surface area (Å²) in [6.45, 7) is 9.62. The van der Waals surface area contributed by atoms with Crippen molar-refractivity contribution in [2.75, 3.05) is 25.1 Å². The lowest BCUT2D eigenvalue weighted by Crippen LogP contribution is -2.33. The normalized spacial score (nSPS) is 18.8. The van der Waals surface area contributed by atoms with Gasteiger partial charge in [0.15, 0.2) is 5.65 Å². The summed E-state index contributed by atoms with van der Waals surface area (Å²) in [6, 6.07) is 3.44. The Labute approximate surface area is 207 Å². The van der Waals surface area contributed by atoms with Gasteiger partial charge in [-0.15, -0.1) is 0 Å². The topological polar surface area (TPSA) is 93.0 Å². The van der Waals surface area contributed by atoms with Crippen LogP contribution in [-0.4, -0.2) is 47.2 Å². The van der Waals surface area contributed by atoms with E-state index in [9.17, 15) is 18.4 Å². The number of ether oxygens (including phenoxy) is 2. The molecule has 4 rings (SSSR count). The quantitative estimate of drug-likeness (QED) is 0.442. The van der Waals surface area contributed by atoms with Gasteiger partial charge in [0.1, 0.15) is 17.5 Å². The molecule has 1 aliphatic carbocycles.